The van der Waals surface area contributed by atoms with Gasteiger partial charge in [0.05, 0.1) is 0 Å². The molecule has 0 aliphatic rings. The minimum absolute atomic E-state index is 0.339. The molecule has 0 aliphatic carbocycles. The van der Waals surface area contributed by atoms with Crippen LogP contribution in [0.3, 0.4) is 0 Å². The molecule has 1 atom stereocenters. The summed E-state index contributed by atoms with van der Waals surface area (Å²) in [6, 6.07) is 4.71. The Morgan fingerprint density at radius 1 is 1.15 bits per heavy atom. The summed E-state index contributed by atoms with van der Waals surface area (Å²) in [7, 11) is 1.89. The van der Waals surface area contributed by atoms with Gasteiger partial charge in [0.15, 0.2) is 0 Å². The van der Waals surface area contributed by atoms with Crippen molar-refractivity contribution in [2.24, 2.45) is 0 Å². The lowest BCUT2D eigenvalue weighted by Gasteiger charge is -2.17. The van der Waals surface area contributed by atoms with Crippen LogP contribution in [0.15, 0.2) is 12.1 Å². The van der Waals surface area contributed by atoms with Crippen LogP contribution in [0.1, 0.15) is 28.1 Å². The van der Waals surface area contributed by atoms with Crippen LogP contribution in [0.5, 0.6) is 0 Å². The molecule has 0 saturated heterocycles. The van der Waals surface area contributed by atoms with E-state index >= 15 is 0 Å². The van der Waals surface area contributed by atoms with Crippen molar-refractivity contribution in [3.8, 4) is 0 Å². The summed E-state index contributed by atoms with van der Waals surface area (Å²) in [6.07, 6.45) is 1.01. The Morgan fingerprint density at radius 2 is 1.85 bits per heavy atom. The van der Waals surface area contributed by atoms with E-state index < -0.39 is 0 Å². The molecule has 0 spiro atoms. The van der Waals surface area contributed by atoms with E-state index in [-0.39, 0.29) is 0 Å². The Labute approximate surface area is 124 Å². The monoisotopic (exact) mass is 290 g/mol. The Balaban J connectivity index is 2.11. The van der Waals surface area contributed by atoms with Crippen molar-refractivity contribution in [2.75, 3.05) is 17.7 Å². The summed E-state index contributed by atoms with van der Waals surface area (Å²) in [5, 5.41) is 6.61. The molecule has 2 heterocycles. The molecule has 0 fully saturated rings. The van der Waals surface area contributed by atoms with Gasteiger partial charge in [0.1, 0.15) is 17.5 Å². The van der Waals surface area contributed by atoms with Crippen LogP contribution < -0.4 is 10.6 Å². The number of nitrogens with one attached hydrogen (secondary N) is 2. The number of aromatic nitrogens is 2. The summed E-state index contributed by atoms with van der Waals surface area (Å²) in [5.74, 6) is 2.59. The highest BCUT2D eigenvalue weighted by Gasteiger charge is 2.11. The second kappa shape index (κ2) is 6.22. The highest BCUT2D eigenvalue weighted by atomic mass is 32.1. The molecule has 0 amide bonds. The van der Waals surface area contributed by atoms with E-state index in [1.165, 1.54) is 9.75 Å². The van der Waals surface area contributed by atoms with Crippen molar-refractivity contribution >= 4 is 23.0 Å². The van der Waals surface area contributed by atoms with Gasteiger partial charge in [-0.1, -0.05) is 0 Å². The summed E-state index contributed by atoms with van der Waals surface area (Å²) >= 11 is 1.86. The predicted molar refractivity (Wildman–Crippen MR) is 86.9 cm³/mol. The van der Waals surface area contributed by atoms with Crippen molar-refractivity contribution in [2.45, 2.75) is 40.2 Å². The predicted octanol–water partition coefficient (Wildman–Crippen LogP) is 3.55. The summed E-state index contributed by atoms with van der Waals surface area (Å²) in [4.78, 5) is 11.7. The zero-order valence-corrected chi connectivity index (χ0v) is 13.6. The molecule has 0 aromatic carbocycles. The van der Waals surface area contributed by atoms with Gasteiger partial charge < -0.3 is 10.6 Å². The first-order valence-corrected chi connectivity index (χ1v) is 7.66. The van der Waals surface area contributed by atoms with Crippen LogP contribution in [0, 0.1) is 20.8 Å². The number of hydrogen-bond acceptors (Lipinski definition) is 5. The van der Waals surface area contributed by atoms with Gasteiger partial charge in [-0.2, -0.15) is 0 Å². The first kappa shape index (κ1) is 14.8. The molecule has 108 valence electrons. The molecule has 2 N–H and O–H groups in total. The SMILES string of the molecule is CNc1nc(C)nc(NC(C)Cc2ccc(C)s2)c1C. The number of hydrogen-bond donors (Lipinski definition) is 2. The maximum absolute atomic E-state index is 4.51. The minimum atomic E-state index is 0.339. The van der Waals surface area contributed by atoms with Gasteiger partial charge in [0.25, 0.3) is 0 Å². The number of rotatable bonds is 5. The van der Waals surface area contributed by atoms with E-state index in [9.17, 15) is 0 Å². The van der Waals surface area contributed by atoms with Crippen molar-refractivity contribution in [3.05, 3.63) is 33.3 Å². The van der Waals surface area contributed by atoms with Gasteiger partial charge in [-0.25, -0.2) is 9.97 Å². The Morgan fingerprint density at radius 3 is 2.45 bits per heavy atom. The van der Waals surface area contributed by atoms with Crippen LogP contribution in [0.2, 0.25) is 0 Å². The molecule has 2 aromatic rings. The normalized spacial score (nSPS) is 12.2. The first-order chi connectivity index (χ1) is 9.49. The molecular weight excluding hydrogens is 268 g/mol. The van der Waals surface area contributed by atoms with Crippen molar-refractivity contribution < 1.29 is 0 Å². The highest BCUT2D eigenvalue weighted by Crippen LogP contribution is 2.22. The van der Waals surface area contributed by atoms with Gasteiger partial charge >= 0.3 is 0 Å². The molecule has 0 aliphatic heterocycles. The van der Waals surface area contributed by atoms with Crippen LogP contribution in [-0.4, -0.2) is 23.1 Å². The maximum Gasteiger partial charge on any atom is 0.134 e. The van der Waals surface area contributed by atoms with Crippen LogP contribution in [0.4, 0.5) is 11.6 Å². The van der Waals surface area contributed by atoms with Gasteiger partial charge in [0.2, 0.25) is 0 Å². The second-order valence-corrected chi connectivity index (χ2v) is 6.48. The lowest BCUT2D eigenvalue weighted by atomic mass is 10.2. The average molecular weight is 290 g/mol. The zero-order valence-electron chi connectivity index (χ0n) is 12.7. The fraction of sp³-hybridized carbons (Fsp3) is 0.467. The average Bonchev–Trinajstić information content (AvgIpc) is 2.78. The number of aryl methyl sites for hydroxylation is 2. The van der Waals surface area contributed by atoms with E-state index in [1.54, 1.807) is 0 Å². The number of anilines is 2. The van der Waals surface area contributed by atoms with Gasteiger partial charge in [-0.3, -0.25) is 0 Å². The summed E-state index contributed by atoms with van der Waals surface area (Å²) in [6.45, 7) is 8.28. The molecule has 1 unspecified atom stereocenters. The quantitative estimate of drug-likeness (QED) is 0.884. The van der Waals surface area contributed by atoms with Crippen LogP contribution in [0.25, 0.3) is 0 Å². The summed E-state index contributed by atoms with van der Waals surface area (Å²) in [5.41, 5.74) is 1.06. The van der Waals surface area contributed by atoms with Gasteiger partial charge in [-0.05, 0) is 39.8 Å². The molecule has 20 heavy (non-hydrogen) atoms. The van der Waals surface area contributed by atoms with Crippen molar-refractivity contribution in [1.29, 1.82) is 0 Å². The smallest absolute Gasteiger partial charge is 0.134 e. The van der Waals surface area contributed by atoms with Crippen molar-refractivity contribution in [3.63, 3.8) is 0 Å². The molecule has 2 aromatic heterocycles. The molecular formula is C15H22N4S. The van der Waals surface area contributed by atoms with E-state index in [0.717, 1.165) is 29.4 Å². The fourth-order valence-corrected chi connectivity index (χ4v) is 3.21. The molecule has 0 radical (unpaired) electrons. The third kappa shape index (κ3) is 3.48. The summed E-state index contributed by atoms with van der Waals surface area (Å²) < 4.78 is 0. The topological polar surface area (TPSA) is 49.8 Å². The lowest BCUT2D eigenvalue weighted by Crippen LogP contribution is -2.20. The maximum atomic E-state index is 4.51. The third-order valence-electron chi connectivity index (χ3n) is 3.18. The van der Waals surface area contributed by atoms with E-state index in [2.05, 4.69) is 46.6 Å². The molecule has 2 rings (SSSR count). The van der Waals surface area contributed by atoms with Crippen LogP contribution >= 0.6 is 11.3 Å². The zero-order chi connectivity index (χ0) is 14.7. The van der Waals surface area contributed by atoms with Crippen molar-refractivity contribution in [1.82, 2.24) is 9.97 Å². The standard InChI is InChI=1S/C15H22N4S/c1-9(8-13-7-6-10(2)20-13)17-15-11(3)14(16-5)18-12(4)19-15/h6-7,9H,8H2,1-5H3,(H2,16,17,18,19). The Hall–Kier alpha value is -1.62. The number of nitrogens with zero attached hydrogens (tertiary/aromatic N) is 2. The van der Waals surface area contributed by atoms with Gasteiger partial charge in [-0.15, -0.1) is 11.3 Å². The van der Waals surface area contributed by atoms with Gasteiger partial charge in [0, 0.05) is 34.8 Å². The second-order valence-electron chi connectivity index (χ2n) is 5.10. The first-order valence-electron chi connectivity index (χ1n) is 6.84. The molecule has 4 nitrogen and oxygen atoms in total. The Bertz CT molecular complexity index is 592. The Kier molecular flexibility index (Phi) is 4.60. The molecule has 5 heteroatoms. The minimum Gasteiger partial charge on any atom is -0.373 e. The third-order valence-corrected chi connectivity index (χ3v) is 4.20. The fourth-order valence-electron chi connectivity index (χ4n) is 2.19. The van der Waals surface area contributed by atoms with E-state index in [4.69, 9.17) is 0 Å². The van der Waals surface area contributed by atoms with E-state index in [1.807, 2.05) is 32.2 Å². The molecule has 0 saturated carbocycles. The molecule has 0 bridgehead atoms. The largest absolute Gasteiger partial charge is 0.373 e. The van der Waals surface area contributed by atoms with E-state index in [0.29, 0.717) is 6.04 Å². The number of thiophene rings is 1. The highest BCUT2D eigenvalue weighted by molar-refractivity contribution is 7.11. The lowest BCUT2D eigenvalue weighted by molar-refractivity contribution is 0.789. The van der Waals surface area contributed by atoms with Crippen LogP contribution in [-0.2, 0) is 6.42 Å².